The van der Waals surface area contributed by atoms with Gasteiger partial charge in [-0.05, 0) is 30.0 Å². The van der Waals surface area contributed by atoms with Gasteiger partial charge in [-0.1, -0.05) is 98.8 Å². The van der Waals surface area contributed by atoms with Gasteiger partial charge in [-0.25, -0.2) is 9.59 Å². The summed E-state index contributed by atoms with van der Waals surface area (Å²) in [4.78, 5) is 76.7. The molecule has 0 radical (unpaired) electrons. The SMILES string of the molecule is CC1(C)COC(=O)C1OC(=O)C=Cc1cccc(CN2OC3C4OC(c5ccccc5)(c5ccccc5)OC4C4CC3(C(=O)N3CCCC3C(=O)NCCO)C2C(=O)O4)c1. The van der Waals surface area contributed by atoms with Crippen LogP contribution in [0.25, 0.3) is 6.08 Å². The topological polar surface area (TPSA) is 179 Å². The van der Waals surface area contributed by atoms with Crippen LogP contribution in [0, 0.1) is 10.8 Å². The molecule has 2 bridgehead atoms. The van der Waals surface area contributed by atoms with E-state index in [1.54, 1.807) is 37.0 Å². The largest absolute Gasteiger partial charge is 0.462 e. The molecular formula is C45H47N3O12. The zero-order chi connectivity index (χ0) is 41.8. The lowest BCUT2D eigenvalue weighted by molar-refractivity contribution is -0.214. The Labute approximate surface area is 346 Å². The number of aliphatic hydroxyl groups excluding tert-OH is 1. The summed E-state index contributed by atoms with van der Waals surface area (Å²) in [5, 5.41) is 13.6. The Morgan fingerprint density at radius 2 is 1.65 bits per heavy atom. The van der Waals surface area contributed by atoms with Crippen molar-refractivity contribution in [3.8, 4) is 0 Å². The first kappa shape index (κ1) is 40.0. The van der Waals surface area contributed by atoms with E-state index in [1.807, 2.05) is 72.8 Å². The second-order valence-electron chi connectivity index (χ2n) is 16.9. The Kier molecular flexibility index (Phi) is 10.4. The van der Waals surface area contributed by atoms with Crippen molar-refractivity contribution in [1.82, 2.24) is 15.3 Å². The second-order valence-corrected chi connectivity index (χ2v) is 16.9. The summed E-state index contributed by atoms with van der Waals surface area (Å²) in [5.41, 5.74) is 0.535. The third-order valence-corrected chi connectivity index (χ3v) is 12.5. The highest BCUT2D eigenvalue weighted by Gasteiger charge is 2.77. The standard InChI is InChI=1S/C45H47N3O12/c1-43(2)26-55-41(53)38(43)57-33(50)19-18-27-11-9-12-28(23-27)25-48-36-40(52)56-32-24-44(36,42(54)47-21-10-17-31(47)39(51)46-20-22-49)37(60-48)35-34(32)58-45(59-35,29-13-5-3-6-14-29)30-15-7-4-8-16-30/h3-9,11-16,18-19,23,31-32,34-38,49H,10,17,20-22,24-26H2,1-2H3,(H,46,51). The van der Waals surface area contributed by atoms with Gasteiger partial charge in [0.25, 0.3) is 0 Å². The van der Waals surface area contributed by atoms with Crippen molar-refractivity contribution in [3.63, 3.8) is 0 Å². The number of cyclic esters (lactones) is 1. The van der Waals surface area contributed by atoms with E-state index in [1.165, 1.54) is 11.1 Å². The van der Waals surface area contributed by atoms with Crippen LogP contribution in [0.1, 0.15) is 55.4 Å². The van der Waals surface area contributed by atoms with Gasteiger partial charge in [0.1, 0.15) is 42.5 Å². The summed E-state index contributed by atoms with van der Waals surface area (Å²) in [6.07, 6.45) is -0.827. The fourth-order valence-electron chi connectivity index (χ4n) is 9.75. The molecule has 6 fully saturated rings. The lowest BCUT2D eigenvalue weighted by atomic mass is 9.62. The maximum Gasteiger partial charge on any atom is 0.348 e. The Balaban J connectivity index is 1.06. The van der Waals surface area contributed by atoms with E-state index >= 15 is 4.79 Å². The number of hydrogen-bond acceptors (Lipinski definition) is 13. The molecule has 8 atom stereocenters. The molecule has 15 heteroatoms. The van der Waals surface area contributed by atoms with E-state index < -0.39 is 83.0 Å². The monoisotopic (exact) mass is 821 g/mol. The number of carbonyl (C=O) groups is 5. The Morgan fingerprint density at radius 1 is 0.933 bits per heavy atom. The summed E-state index contributed by atoms with van der Waals surface area (Å²) in [6, 6.07) is 24.1. The van der Waals surface area contributed by atoms with E-state index in [0.717, 1.165) is 0 Å². The molecule has 3 aromatic rings. The van der Waals surface area contributed by atoms with E-state index in [9.17, 15) is 24.3 Å². The molecule has 0 aromatic heterocycles. The number of nitrogens with one attached hydrogen (secondary N) is 1. The molecule has 5 heterocycles. The highest BCUT2D eigenvalue weighted by molar-refractivity contribution is 5.96. The van der Waals surface area contributed by atoms with Crippen molar-refractivity contribution in [2.75, 3.05) is 26.3 Å². The van der Waals surface area contributed by atoms with Gasteiger partial charge in [0.2, 0.25) is 23.7 Å². The van der Waals surface area contributed by atoms with E-state index in [4.69, 9.17) is 28.5 Å². The maximum absolute atomic E-state index is 15.4. The van der Waals surface area contributed by atoms with Crippen molar-refractivity contribution < 1.29 is 57.6 Å². The number of hydrogen-bond donors (Lipinski definition) is 2. The molecule has 2 amide bonds. The molecule has 8 unspecified atom stereocenters. The minimum absolute atomic E-state index is 0.0331. The number of ether oxygens (including phenoxy) is 5. The van der Waals surface area contributed by atoms with Gasteiger partial charge in [-0.3, -0.25) is 19.2 Å². The van der Waals surface area contributed by atoms with Gasteiger partial charge in [0.15, 0.2) is 6.04 Å². The summed E-state index contributed by atoms with van der Waals surface area (Å²) >= 11 is 0. The Hall–Kier alpha value is -5.45. The Morgan fingerprint density at radius 3 is 2.33 bits per heavy atom. The summed E-state index contributed by atoms with van der Waals surface area (Å²) < 4.78 is 30.8. The number of rotatable bonds is 11. The minimum Gasteiger partial charge on any atom is -0.462 e. The fourth-order valence-corrected chi connectivity index (χ4v) is 9.75. The van der Waals surface area contributed by atoms with Crippen LogP contribution in [0.5, 0.6) is 0 Å². The molecule has 9 rings (SSSR count). The molecule has 6 aliphatic rings. The summed E-state index contributed by atoms with van der Waals surface area (Å²) in [5.74, 6) is -4.18. The van der Waals surface area contributed by atoms with Gasteiger partial charge >= 0.3 is 17.9 Å². The number of fused-ring (bicyclic) bond motifs is 4. The van der Waals surface area contributed by atoms with Gasteiger partial charge in [-0.15, -0.1) is 0 Å². The molecule has 3 aromatic carbocycles. The zero-order valence-electron chi connectivity index (χ0n) is 33.3. The third-order valence-electron chi connectivity index (χ3n) is 12.5. The van der Waals surface area contributed by atoms with Gasteiger partial charge in [0.05, 0.1) is 13.2 Å². The van der Waals surface area contributed by atoms with Crippen LogP contribution >= 0.6 is 0 Å². The van der Waals surface area contributed by atoms with Crippen LogP contribution in [0.15, 0.2) is 91.0 Å². The van der Waals surface area contributed by atoms with Crippen molar-refractivity contribution in [1.29, 1.82) is 0 Å². The molecular weight excluding hydrogens is 775 g/mol. The first-order valence-electron chi connectivity index (χ1n) is 20.4. The highest BCUT2D eigenvalue weighted by Crippen LogP contribution is 2.60. The molecule has 1 aliphatic carbocycles. The van der Waals surface area contributed by atoms with Crippen LogP contribution in [0.2, 0.25) is 0 Å². The first-order valence-corrected chi connectivity index (χ1v) is 20.4. The number of likely N-dealkylation sites (tertiary alicyclic amines) is 1. The number of aliphatic hydroxyl groups is 1. The van der Waals surface area contributed by atoms with E-state index in [0.29, 0.717) is 35.1 Å². The molecule has 5 aliphatic heterocycles. The first-order chi connectivity index (χ1) is 28.9. The maximum atomic E-state index is 15.4. The fraction of sp³-hybridized carbons (Fsp3) is 0.444. The molecule has 2 N–H and O–H groups in total. The number of carbonyl (C=O) groups excluding carboxylic acids is 5. The van der Waals surface area contributed by atoms with E-state index in [2.05, 4.69) is 5.32 Å². The highest BCUT2D eigenvalue weighted by atomic mass is 16.8. The predicted octanol–water partition coefficient (Wildman–Crippen LogP) is 2.78. The van der Waals surface area contributed by atoms with Gasteiger partial charge in [-0.2, -0.15) is 5.06 Å². The average molecular weight is 822 g/mol. The number of hydroxylamine groups is 2. The number of amides is 2. The lowest BCUT2D eigenvalue weighted by Gasteiger charge is -2.50. The van der Waals surface area contributed by atoms with Crippen molar-refractivity contribution in [2.45, 2.75) is 88.0 Å². The van der Waals surface area contributed by atoms with Crippen LogP contribution in [-0.4, -0.2) is 114 Å². The molecule has 1 saturated carbocycles. The molecule has 5 saturated heterocycles. The summed E-state index contributed by atoms with van der Waals surface area (Å²) in [6.45, 7) is 3.83. The second kappa shape index (κ2) is 15.5. The van der Waals surface area contributed by atoms with Gasteiger partial charge < -0.3 is 39.0 Å². The lowest BCUT2D eigenvalue weighted by Crippen LogP contribution is -2.70. The summed E-state index contributed by atoms with van der Waals surface area (Å²) in [7, 11) is 0. The van der Waals surface area contributed by atoms with Crippen LogP contribution < -0.4 is 5.32 Å². The number of benzene rings is 3. The van der Waals surface area contributed by atoms with Crippen molar-refractivity contribution >= 4 is 35.8 Å². The zero-order valence-corrected chi connectivity index (χ0v) is 33.3. The van der Waals surface area contributed by atoms with Crippen LogP contribution in [-0.2, 0) is 64.8 Å². The predicted molar refractivity (Wildman–Crippen MR) is 209 cm³/mol. The molecule has 15 nitrogen and oxygen atoms in total. The third kappa shape index (κ3) is 6.68. The normalized spacial score (nSPS) is 31.1. The molecule has 314 valence electrons. The quantitative estimate of drug-likeness (QED) is 0.164. The van der Waals surface area contributed by atoms with Crippen molar-refractivity contribution in [2.24, 2.45) is 10.8 Å². The number of nitrogens with zero attached hydrogens (tertiary/aromatic N) is 2. The molecule has 0 spiro atoms. The van der Waals surface area contributed by atoms with Crippen LogP contribution in [0.3, 0.4) is 0 Å². The smallest absolute Gasteiger partial charge is 0.348 e. The minimum atomic E-state index is -1.54. The Bertz CT molecular complexity index is 2160. The number of esters is 3. The van der Waals surface area contributed by atoms with Crippen LogP contribution in [0.4, 0.5) is 0 Å². The van der Waals surface area contributed by atoms with Gasteiger partial charge in [0, 0.05) is 42.1 Å². The molecule has 60 heavy (non-hydrogen) atoms. The van der Waals surface area contributed by atoms with Crippen molar-refractivity contribution in [3.05, 3.63) is 113 Å². The average Bonchev–Trinajstić information content (AvgIpc) is 4.04. The van der Waals surface area contributed by atoms with E-state index in [-0.39, 0.29) is 45.2 Å².